The fourth-order valence-electron chi connectivity index (χ4n) is 4.55. The number of pyridine rings is 1. The summed E-state index contributed by atoms with van der Waals surface area (Å²) in [5.41, 5.74) is 3.39. The Labute approximate surface area is 286 Å². The molecule has 5 rings (SSSR count). The van der Waals surface area contributed by atoms with Crippen LogP contribution < -0.4 is 19.4 Å². The first-order chi connectivity index (χ1) is 23.3. The molecular formula is C36H41ClN6O5. The first kappa shape index (κ1) is 35.7. The van der Waals surface area contributed by atoms with Gasteiger partial charge in [0, 0.05) is 48.7 Å². The number of hydrogen-bond donors (Lipinski definition) is 0. The highest BCUT2D eigenvalue weighted by molar-refractivity contribution is 6.30. The van der Waals surface area contributed by atoms with Gasteiger partial charge in [0.15, 0.2) is 0 Å². The Balaban J connectivity index is 0.000000224. The predicted molar refractivity (Wildman–Crippen MR) is 188 cm³/mol. The number of rotatable bonds is 13. The second-order valence-corrected chi connectivity index (χ2v) is 11.1. The van der Waals surface area contributed by atoms with Crippen LogP contribution in [0.3, 0.4) is 0 Å². The maximum Gasteiger partial charge on any atom is 0.438 e. The number of aromatic nitrogens is 3. The quantitative estimate of drug-likeness (QED) is 0.124. The van der Waals surface area contributed by atoms with Crippen LogP contribution >= 0.6 is 11.6 Å². The van der Waals surface area contributed by atoms with E-state index in [1.807, 2.05) is 54.7 Å². The van der Waals surface area contributed by atoms with Crippen LogP contribution in [0.5, 0.6) is 11.6 Å². The summed E-state index contributed by atoms with van der Waals surface area (Å²) in [6, 6.07) is 30.5. The molecule has 0 spiro atoms. The minimum atomic E-state index is -0.628. The number of nitrogens with zero attached hydrogens (tertiary/aromatic N) is 6. The molecule has 0 atom stereocenters. The molecule has 0 N–H and O–H groups in total. The molecule has 0 fully saturated rings. The molecule has 0 unspecified atom stereocenters. The van der Waals surface area contributed by atoms with Gasteiger partial charge in [0.05, 0.1) is 32.7 Å². The van der Waals surface area contributed by atoms with E-state index >= 15 is 0 Å². The third-order valence-corrected chi connectivity index (χ3v) is 7.34. The first-order valence-corrected chi connectivity index (χ1v) is 15.6. The van der Waals surface area contributed by atoms with Crippen LogP contribution in [0.2, 0.25) is 5.02 Å². The van der Waals surface area contributed by atoms with Crippen molar-refractivity contribution in [1.29, 1.82) is 0 Å². The van der Waals surface area contributed by atoms with Crippen LogP contribution in [0.15, 0.2) is 109 Å². The molecule has 11 nitrogen and oxygen atoms in total. The molecule has 0 radical (unpaired) electrons. The number of methoxy groups -OCH3 is 2. The number of anilines is 2. The van der Waals surface area contributed by atoms with Crippen molar-refractivity contribution >= 4 is 29.2 Å². The molecule has 2 heterocycles. The minimum Gasteiger partial charge on any atom is -0.497 e. The first-order valence-electron chi connectivity index (χ1n) is 15.2. The highest BCUT2D eigenvalue weighted by Crippen LogP contribution is 2.24. The van der Waals surface area contributed by atoms with E-state index in [-0.39, 0.29) is 6.61 Å². The summed E-state index contributed by atoms with van der Waals surface area (Å²) in [6.07, 6.45) is 3.00. The lowest BCUT2D eigenvalue weighted by atomic mass is 10.2. The van der Waals surface area contributed by atoms with Gasteiger partial charge in [-0.15, -0.1) is 5.10 Å². The highest BCUT2D eigenvalue weighted by Gasteiger charge is 2.19. The van der Waals surface area contributed by atoms with Gasteiger partial charge in [-0.25, -0.2) is 14.5 Å². The monoisotopic (exact) mass is 672 g/mol. The number of hydrogen-bond acceptors (Lipinski definition) is 9. The van der Waals surface area contributed by atoms with Crippen molar-refractivity contribution in [2.24, 2.45) is 0 Å². The number of para-hydroxylation sites is 1. The number of ether oxygens (including phenoxy) is 3. The maximum atomic E-state index is 11.9. The maximum absolute atomic E-state index is 11.9. The topological polar surface area (TPSA) is 94.4 Å². The van der Waals surface area contributed by atoms with Crippen molar-refractivity contribution in [2.75, 3.05) is 58.5 Å². The Bertz CT molecular complexity index is 1680. The Kier molecular flexibility index (Phi) is 13.6. The third kappa shape index (κ3) is 10.5. The van der Waals surface area contributed by atoms with Gasteiger partial charge in [0.2, 0.25) is 5.88 Å². The molecule has 0 saturated heterocycles. The Morgan fingerprint density at radius 2 is 1.58 bits per heavy atom. The highest BCUT2D eigenvalue weighted by atomic mass is 35.5. The van der Waals surface area contributed by atoms with Crippen LogP contribution in [0.4, 0.5) is 16.3 Å². The van der Waals surface area contributed by atoms with E-state index in [1.54, 1.807) is 48.3 Å². The number of benzene rings is 3. The number of halogens is 1. The fourth-order valence-corrected chi connectivity index (χ4v) is 4.67. The summed E-state index contributed by atoms with van der Waals surface area (Å²) in [5.74, 6) is 2.34. The molecule has 48 heavy (non-hydrogen) atoms. The minimum absolute atomic E-state index is 0.199. The van der Waals surface area contributed by atoms with E-state index in [2.05, 4.69) is 52.2 Å². The van der Waals surface area contributed by atoms with Crippen molar-refractivity contribution in [3.63, 3.8) is 0 Å². The summed E-state index contributed by atoms with van der Waals surface area (Å²) in [6.45, 7) is 2.97. The number of carbonyl (C=O) groups excluding carboxylic acids is 1. The molecule has 0 saturated carbocycles. The number of hydroxylamine groups is 1. The molecule has 5 aromatic rings. The predicted octanol–water partition coefficient (Wildman–Crippen LogP) is 6.90. The summed E-state index contributed by atoms with van der Waals surface area (Å²) in [4.78, 5) is 25.9. The third-order valence-electron chi connectivity index (χ3n) is 7.09. The average Bonchev–Trinajstić information content (AvgIpc) is 3.60. The smallest absolute Gasteiger partial charge is 0.438 e. The van der Waals surface area contributed by atoms with Gasteiger partial charge >= 0.3 is 6.09 Å². The van der Waals surface area contributed by atoms with E-state index in [1.165, 1.54) is 19.8 Å². The standard InChI is InChI=1S/C19H18ClN3O4.C17H23N3O/c1-25-19(24)23(26-2)17-6-4-3-5-14(17)13-27-18-11-12-22(21-18)16-9-7-15(20)8-10-16;1-19(2)12-13-20(17-6-4-5-11-18-17)14-15-7-9-16(21-3)10-8-15/h3-12H,13H2,1-2H3;4-11H,12-14H2,1-3H3. The van der Waals surface area contributed by atoms with Crippen LogP contribution in [0.25, 0.3) is 5.69 Å². The van der Waals surface area contributed by atoms with E-state index in [9.17, 15) is 4.79 Å². The molecule has 0 aliphatic heterocycles. The second kappa shape index (κ2) is 18.3. The molecule has 2 aromatic heterocycles. The lowest BCUT2D eigenvalue weighted by Gasteiger charge is -2.25. The van der Waals surface area contributed by atoms with Crippen LogP contribution in [0, 0.1) is 0 Å². The number of carbonyl (C=O) groups is 1. The molecule has 3 aromatic carbocycles. The summed E-state index contributed by atoms with van der Waals surface area (Å²) in [7, 11) is 8.54. The SMILES string of the molecule is COC(=O)N(OC)c1ccccc1COc1ccn(-c2ccc(Cl)cc2)n1.COc1ccc(CN(CCN(C)C)c2ccccn2)cc1. The molecule has 12 heteroatoms. The molecular weight excluding hydrogens is 632 g/mol. The van der Waals surface area contributed by atoms with Gasteiger partial charge in [-0.3, -0.25) is 4.84 Å². The lowest BCUT2D eigenvalue weighted by Crippen LogP contribution is -2.31. The summed E-state index contributed by atoms with van der Waals surface area (Å²) in [5, 5.41) is 6.11. The van der Waals surface area contributed by atoms with Crippen molar-refractivity contribution in [3.05, 3.63) is 126 Å². The van der Waals surface area contributed by atoms with Crippen molar-refractivity contribution in [2.45, 2.75) is 13.2 Å². The molecule has 0 aliphatic rings. The van der Waals surface area contributed by atoms with Gasteiger partial charge in [0.1, 0.15) is 18.2 Å². The van der Waals surface area contributed by atoms with Gasteiger partial charge in [-0.05, 0) is 74.3 Å². The van der Waals surface area contributed by atoms with E-state index in [0.717, 1.165) is 47.5 Å². The average molecular weight is 673 g/mol. The summed E-state index contributed by atoms with van der Waals surface area (Å²) >= 11 is 5.91. The van der Waals surface area contributed by atoms with E-state index in [0.29, 0.717) is 16.6 Å². The summed E-state index contributed by atoms with van der Waals surface area (Å²) < 4.78 is 17.4. The van der Waals surface area contributed by atoms with Crippen molar-refractivity contribution < 1.29 is 23.8 Å². The molecule has 0 aliphatic carbocycles. The van der Waals surface area contributed by atoms with Crippen LogP contribution in [-0.4, -0.2) is 74.3 Å². The zero-order chi connectivity index (χ0) is 34.3. The number of amides is 1. The van der Waals surface area contributed by atoms with Crippen molar-refractivity contribution in [1.82, 2.24) is 19.7 Å². The van der Waals surface area contributed by atoms with Gasteiger partial charge in [-0.2, -0.15) is 5.06 Å². The number of likely N-dealkylation sites (N-methyl/N-ethyl adjacent to an activating group) is 1. The van der Waals surface area contributed by atoms with Gasteiger partial charge in [-0.1, -0.05) is 48.0 Å². The van der Waals surface area contributed by atoms with Crippen molar-refractivity contribution in [3.8, 4) is 17.3 Å². The van der Waals surface area contributed by atoms with E-state index in [4.69, 9.17) is 30.6 Å². The lowest BCUT2D eigenvalue weighted by molar-refractivity contribution is 0.115. The Morgan fingerprint density at radius 1 is 0.854 bits per heavy atom. The van der Waals surface area contributed by atoms with E-state index < -0.39 is 6.09 Å². The molecule has 0 bridgehead atoms. The Hall–Kier alpha value is -5.10. The van der Waals surface area contributed by atoms with Crippen LogP contribution in [0.1, 0.15) is 11.1 Å². The Morgan fingerprint density at radius 3 is 2.23 bits per heavy atom. The van der Waals surface area contributed by atoms with Crippen LogP contribution in [-0.2, 0) is 22.7 Å². The molecule has 1 amide bonds. The largest absolute Gasteiger partial charge is 0.497 e. The second-order valence-electron chi connectivity index (χ2n) is 10.7. The molecule has 252 valence electrons. The van der Waals surface area contributed by atoms with Gasteiger partial charge in [0.25, 0.3) is 0 Å². The fraction of sp³-hybridized carbons (Fsp3) is 0.250. The zero-order valence-electron chi connectivity index (χ0n) is 27.8. The van der Waals surface area contributed by atoms with Gasteiger partial charge < -0.3 is 24.0 Å². The zero-order valence-corrected chi connectivity index (χ0v) is 28.6. The normalized spacial score (nSPS) is 10.6.